The molecule has 4 nitrogen and oxygen atoms in total. The molecule has 5 heteroatoms. The summed E-state index contributed by atoms with van der Waals surface area (Å²) in [5.41, 5.74) is 7.75. The monoisotopic (exact) mass is 443 g/mol. The molecule has 0 aromatic heterocycles. The Hall–Kier alpha value is -0.980. The lowest BCUT2D eigenvalue weighted by Gasteiger charge is -2.42. The van der Waals surface area contributed by atoms with E-state index in [9.17, 15) is 0 Å². The van der Waals surface area contributed by atoms with Crippen LogP contribution in [0.5, 0.6) is 5.75 Å². The first-order chi connectivity index (χ1) is 11.1. The molecule has 2 aliphatic rings. The van der Waals surface area contributed by atoms with Crippen LogP contribution in [0.1, 0.15) is 57.6 Å². The van der Waals surface area contributed by atoms with Crippen LogP contribution in [-0.4, -0.2) is 19.1 Å². The zero-order chi connectivity index (χ0) is 16.3. The van der Waals surface area contributed by atoms with Gasteiger partial charge in [-0.25, -0.2) is 0 Å². The molecule has 1 fully saturated rings. The van der Waals surface area contributed by atoms with Crippen LogP contribution in [0.2, 0.25) is 0 Å². The summed E-state index contributed by atoms with van der Waals surface area (Å²) in [6, 6.07) is 8.37. The van der Waals surface area contributed by atoms with E-state index in [2.05, 4.69) is 30.2 Å². The van der Waals surface area contributed by atoms with Crippen molar-refractivity contribution >= 4 is 29.9 Å². The van der Waals surface area contributed by atoms with Crippen LogP contribution in [0, 0.1) is 11.3 Å². The van der Waals surface area contributed by atoms with Gasteiger partial charge in [-0.2, -0.15) is 0 Å². The van der Waals surface area contributed by atoms with Crippen LogP contribution in [0.25, 0.3) is 0 Å². The van der Waals surface area contributed by atoms with E-state index < -0.39 is 0 Å². The van der Waals surface area contributed by atoms with Gasteiger partial charge in [-0.15, -0.1) is 24.0 Å². The third-order valence-corrected chi connectivity index (χ3v) is 5.12. The van der Waals surface area contributed by atoms with Crippen molar-refractivity contribution in [2.24, 2.45) is 22.1 Å². The number of guanidine groups is 1. The van der Waals surface area contributed by atoms with E-state index in [0.717, 1.165) is 31.2 Å². The number of nitrogens with two attached hydrogens (primary N) is 1. The molecule has 1 aliphatic heterocycles. The number of rotatable bonds is 5. The largest absolute Gasteiger partial charge is 0.493 e. The molecule has 0 radical (unpaired) electrons. The van der Waals surface area contributed by atoms with E-state index in [4.69, 9.17) is 10.5 Å². The number of fused-ring (bicyclic) bond motifs is 1. The summed E-state index contributed by atoms with van der Waals surface area (Å²) in [6.45, 7) is 6.17. The Morgan fingerprint density at radius 2 is 2.12 bits per heavy atom. The molecule has 3 N–H and O–H groups in total. The maximum Gasteiger partial charge on any atom is 0.189 e. The second kappa shape index (κ2) is 8.41. The van der Waals surface area contributed by atoms with Crippen LogP contribution in [0.3, 0.4) is 0 Å². The highest BCUT2D eigenvalue weighted by molar-refractivity contribution is 14.0. The van der Waals surface area contributed by atoms with E-state index in [-0.39, 0.29) is 30.0 Å². The quantitative estimate of drug-likeness (QED) is 0.407. The number of nitrogens with one attached hydrogen (secondary N) is 1. The molecule has 0 bridgehead atoms. The molecule has 0 spiro atoms. The van der Waals surface area contributed by atoms with Crippen molar-refractivity contribution in [3.05, 3.63) is 29.8 Å². The summed E-state index contributed by atoms with van der Waals surface area (Å²) in [5.74, 6) is 2.25. The summed E-state index contributed by atoms with van der Waals surface area (Å²) in [5, 5.41) is 3.40. The fourth-order valence-electron chi connectivity index (χ4n) is 3.94. The first-order valence-electron chi connectivity index (χ1n) is 8.86. The number of hydrogen-bond acceptors (Lipinski definition) is 2. The van der Waals surface area contributed by atoms with Gasteiger partial charge in [0.1, 0.15) is 5.75 Å². The summed E-state index contributed by atoms with van der Waals surface area (Å²) in [6.07, 6.45) is 6.10. The van der Waals surface area contributed by atoms with E-state index >= 15 is 0 Å². The molecule has 1 aliphatic carbocycles. The molecular weight excluding hydrogens is 413 g/mol. The van der Waals surface area contributed by atoms with Crippen molar-refractivity contribution in [2.45, 2.75) is 52.0 Å². The Balaban J connectivity index is 0.00000208. The number of ether oxygens (including phenoxy) is 1. The van der Waals surface area contributed by atoms with Gasteiger partial charge < -0.3 is 15.8 Å². The summed E-state index contributed by atoms with van der Waals surface area (Å²) < 4.78 is 5.70. The van der Waals surface area contributed by atoms with Crippen molar-refractivity contribution < 1.29 is 4.74 Å². The third-order valence-electron chi connectivity index (χ3n) is 5.12. The minimum absolute atomic E-state index is 0. The van der Waals surface area contributed by atoms with Gasteiger partial charge in [-0.1, -0.05) is 38.5 Å². The minimum Gasteiger partial charge on any atom is -0.493 e. The SMILES string of the molecule is CC(C)CC1(CN=C(N)NC2CCOc3ccccc32)CCC1.I. The van der Waals surface area contributed by atoms with E-state index in [1.54, 1.807) is 0 Å². The molecule has 1 aromatic rings. The van der Waals surface area contributed by atoms with Crippen molar-refractivity contribution in [1.82, 2.24) is 5.32 Å². The van der Waals surface area contributed by atoms with Crippen molar-refractivity contribution in [1.29, 1.82) is 0 Å². The number of benzene rings is 1. The summed E-state index contributed by atoms with van der Waals surface area (Å²) in [7, 11) is 0. The molecule has 1 aromatic carbocycles. The number of aliphatic imine (C=N–C) groups is 1. The van der Waals surface area contributed by atoms with E-state index in [0.29, 0.717) is 11.4 Å². The number of para-hydroxylation sites is 1. The first kappa shape index (κ1) is 19.3. The number of halogens is 1. The molecule has 24 heavy (non-hydrogen) atoms. The zero-order valence-electron chi connectivity index (χ0n) is 14.8. The zero-order valence-corrected chi connectivity index (χ0v) is 17.1. The Kier molecular flexibility index (Phi) is 6.78. The minimum atomic E-state index is 0. The predicted octanol–water partition coefficient (Wildman–Crippen LogP) is 4.25. The van der Waals surface area contributed by atoms with Gasteiger partial charge in [0.25, 0.3) is 0 Å². The van der Waals surface area contributed by atoms with Gasteiger partial charge >= 0.3 is 0 Å². The maximum absolute atomic E-state index is 6.18. The third kappa shape index (κ3) is 4.55. The predicted molar refractivity (Wildman–Crippen MR) is 110 cm³/mol. The van der Waals surface area contributed by atoms with E-state index in [1.165, 1.54) is 31.2 Å². The van der Waals surface area contributed by atoms with Gasteiger partial charge in [0.2, 0.25) is 0 Å². The Morgan fingerprint density at radius 1 is 1.38 bits per heavy atom. The average Bonchev–Trinajstić information content (AvgIpc) is 2.50. The fraction of sp³-hybridized carbons (Fsp3) is 0.632. The molecular formula is C19H30IN3O. The summed E-state index contributed by atoms with van der Waals surface area (Å²) in [4.78, 5) is 4.68. The lowest BCUT2D eigenvalue weighted by atomic mass is 9.64. The second-order valence-electron chi connectivity index (χ2n) is 7.52. The highest BCUT2D eigenvalue weighted by atomic mass is 127. The Bertz CT molecular complexity index is 569. The van der Waals surface area contributed by atoms with Crippen LogP contribution >= 0.6 is 24.0 Å². The van der Waals surface area contributed by atoms with Crippen molar-refractivity contribution in [3.63, 3.8) is 0 Å². The second-order valence-corrected chi connectivity index (χ2v) is 7.52. The lowest BCUT2D eigenvalue weighted by Crippen LogP contribution is -2.40. The van der Waals surface area contributed by atoms with E-state index in [1.807, 2.05) is 18.2 Å². The normalized spacial score (nSPS) is 22.0. The van der Waals surface area contributed by atoms with Gasteiger partial charge in [-0.05, 0) is 36.7 Å². The summed E-state index contributed by atoms with van der Waals surface area (Å²) >= 11 is 0. The standard InChI is InChI=1S/C19H29N3O.HI/c1-14(2)12-19(9-5-10-19)13-21-18(20)22-16-8-11-23-17-7-4-3-6-15(16)17;/h3-4,6-7,14,16H,5,8-13H2,1-2H3,(H3,20,21,22);1H. The molecule has 1 saturated carbocycles. The smallest absolute Gasteiger partial charge is 0.189 e. The van der Waals surface area contributed by atoms with Crippen LogP contribution in [0.4, 0.5) is 0 Å². The molecule has 1 atom stereocenters. The topological polar surface area (TPSA) is 59.6 Å². The van der Waals surface area contributed by atoms with Crippen LogP contribution < -0.4 is 15.8 Å². The van der Waals surface area contributed by atoms with Crippen molar-refractivity contribution in [2.75, 3.05) is 13.2 Å². The average molecular weight is 443 g/mol. The Morgan fingerprint density at radius 3 is 2.79 bits per heavy atom. The lowest BCUT2D eigenvalue weighted by molar-refractivity contribution is 0.111. The molecule has 134 valence electrons. The van der Waals surface area contributed by atoms with Gasteiger partial charge in [0.05, 0.1) is 12.6 Å². The molecule has 0 saturated heterocycles. The molecule has 1 heterocycles. The van der Waals surface area contributed by atoms with Crippen LogP contribution in [0.15, 0.2) is 29.3 Å². The maximum atomic E-state index is 6.18. The highest BCUT2D eigenvalue weighted by Crippen LogP contribution is 2.46. The Labute approximate surface area is 162 Å². The van der Waals surface area contributed by atoms with Crippen LogP contribution in [-0.2, 0) is 0 Å². The molecule has 0 amide bonds. The highest BCUT2D eigenvalue weighted by Gasteiger charge is 2.37. The van der Waals surface area contributed by atoms with Gasteiger partial charge in [0.15, 0.2) is 5.96 Å². The van der Waals surface area contributed by atoms with Crippen molar-refractivity contribution in [3.8, 4) is 5.75 Å². The van der Waals surface area contributed by atoms with Gasteiger partial charge in [0, 0.05) is 18.5 Å². The number of nitrogens with zero attached hydrogens (tertiary/aromatic N) is 1. The first-order valence-corrected chi connectivity index (χ1v) is 8.86. The fourth-order valence-corrected chi connectivity index (χ4v) is 3.94. The number of hydrogen-bond donors (Lipinski definition) is 2. The molecule has 1 unspecified atom stereocenters. The van der Waals surface area contributed by atoms with Gasteiger partial charge in [-0.3, -0.25) is 4.99 Å². The molecule has 3 rings (SSSR count).